The Labute approximate surface area is 191 Å². The molecule has 0 bridgehead atoms. The zero-order valence-electron chi connectivity index (χ0n) is 18.1. The highest BCUT2D eigenvalue weighted by atomic mass is 32.1. The number of aromatic nitrogens is 2. The van der Waals surface area contributed by atoms with Crippen LogP contribution in [-0.2, 0) is 0 Å². The van der Waals surface area contributed by atoms with Crippen LogP contribution in [-0.4, -0.2) is 58.4 Å². The van der Waals surface area contributed by atoms with E-state index >= 15 is 0 Å². The molecule has 8 heteroatoms. The van der Waals surface area contributed by atoms with Crippen molar-refractivity contribution >= 4 is 23.2 Å². The fourth-order valence-corrected chi connectivity index (χ4v) is 4.85. The summed E-state index contributed by atoms with van der Waals surface area (Å²) >= 11 is 1.49. The Balaban J connectivity index is 1.43. The van der Waals surface area contributed by atoms with Gasteiger partial charge in [-0.3, -0.25) is 9.59 Å². The predicted octanol–water partition coefficient (Wildman–Crippen LogP) is 3.83. The molecule has 1 aliphatic rings. The van der Waals surface area contributed by atoms with Crippen molar-refractivity contribution in [3.63, 3.8) is 0 Å². The smallest absolute Gasteiger partial charge is 0.273 e. The molecule has 0 unspecified atom stereocenters. The van der Waals surface area contributed by atoms with Gasteiger partial charge in [-0.05, 0) is 19.8 Å². The predicted molar refractivity (Wildman–Crippen MR) is 122 cm³/mol. The Morgan fingerprint density at radius 3 is 2.69 bits per heavy atom. The maximum Gasteiger partial charge on any atom is 0.273 e. The molecule has 4 rings (SSSR count). The summed E-state index contributed by atoms with van der Waals surface area (Å²) in [4.78, 5) is 33.6. The van der Waals surface area contributed by atoms with E-state index in [0.717, 1.165) is 23.4 Å². The van der Waals surface area contributed by atoms with Gasteiger partial charge in [0, 0.05) is 37.0 Å². The lowest BCUT2D eigenvalue weighted by molar-refractivity contribution is 0.0711. The molecule has 7 nitrogen and oxygen atoms in total. The van der Waals surface area contributed by atoms with E-state index in [1.165, 1.54) is 16.2 Å². The van der Waals surface area contributed by atoms with Gasteiger partial charge < -0.3 is 14.3 Å². The molecule has 1 aliphatic heterocycles. The molecule has 0 radical (unpaired) electrons. The molecule has 0 saturated carbocycles. The molecular formula is C24H24N4O3S. The number of thiazole rings is 1. The first kappa shape index (κ1) is 21.8. The monoisotopic (exact) mass is 448 g/mol. The number of hydrogen-bond donors (Lipinski definition) is 0. The topological polar surface area (TPSA) is 79.5 Å². The summed E-state index contributed by atoms with van der Waals surface area (Å²) in [6, 6.07) is 9.59. The Morgan fingerprint density at radius 2 is 2.00 bits per heavy atom. The second-order valence-electron chi connectivity index (χ2n) is 7.83. The normalized spacial score (nSPS) is 14.2. The molecular weight excluding hydrogens is 424 g/mol. The molecule has 1 aromatic carbocycles. The number of carbonyl (C=O) groups excluding carboxylic acids is 2. The van der Waals surface area contributed by atoms with Gasteiger partial charge >= 0.3 is 0 Å². The molecule has 1 saturated heterocycles. The Bertz CT molecular complexity index is 1150. The summed E-state index contributed by atoms with van der Waals surface area (Å²) < 4.78 is 5.36. The molecule has 0 atom stereocenters. The summed E-state index contributed by atoms with van der Waals surface area (Å²) in [5.74, 6) is 2.98. The van der Waals surface area contributed by atoms with Crippen LogP contribution in [0.4, 0.5) is 0 Å². The molecule has 3 aromatic rings. The number of likely N-dealkylation sites (tertiary alicyclic amines) is 1. The van der Waals surface area contributed by atoms with E-state index in [1.54, 1.807) is 19.4 Å². The van der Waals surface area contributed by atoms with Crippen LogP contribution < -0.4 is 0 Å². The number of hydrogen-bond acceptors (Lipinski definition) is 6. The highest BCUT2D eigenvalue weighted by Crippen LogP contribution is 2.33. The third kappa shape index (κ3) is 4.30. The maximum atomic E-state index is 13.3. The van der Waals surface area contributed by atoms with E-state index in [-0.39, 0.29) is 24.3 Å². The van der Waals surface area contributed by atoms with Crippen molar-refractivity contribution in [3.05, 3.63) is 57.7 Å². The summed E-state index contributed by atoms with van der Waals surface area (Å²) in [7, 11) is 1.67. The summed E-state index contributed by atoms with van der Waals surface area (Å²) in [5, 5.41) is 6.85. The SMILES string of the molecule is C#CCN(C)C(=O)c1csc(C2CCN(C(=O)c3c(-c4ccccc4)noc3C)CC2)n1. The molecule has 2 amide bonds. The van der Waals surface area contributed by atoms with Crippen LogP contribution in [0.3, 0.4) is 0 Å². The van der Waals surface area contributed by atoms with Gasteiger partial charge in [0.2, 0.25) is 0 Å². The van der Waals surface area contributed by atoms with Crippen LogP contribution in [0, 0.1) is 19.3 Å². The largest absolute Gasteiger partial charge is 0.360 e. The van der Waals surface area contributed by atoms with E-state index in [4.69, 9.17) is 10.9 Å². The van der Waals surface area contributed by atoms with Crippen LogP contribution >= 0.6 is 11.3 Å². The van der Waals surface area contributed by atoms with Crippen LogP contribution in [0.1, 0.15) is 50.4 Å². The number of amides is 2. The second-order valence-corrected chi connectivity index (χ2v) is 8.72. The van der Waals surface area contributed by atoms with Crippen molar-refractivity contribution in [3.8, 4) is 23.6 Å². The highest BCUT2D eigenvalue weighted by Gasteiger charge is 2.31. The first-order valence-electron chi connectivity index (χ1n) is 10.4. The fraction of sp³-hybridized carbons (Fsp3) is 0.333. The van der Waals surface area contributed by atoms with Crippen molar-refractivity contribution in [2.45, 2.75) is 25.7 Å². The third-order valence-corrected chi connectivity index (χ3v) is 6.68. The van der Waals surface area contributed by atoms with Gasteiger partial charge in [-0.15, -0.1) is 17.8 Å². The van der Waals surface area contributed by atoms with Gasteiger partial charge in [0.1, 0.15) is 22.7 Å². The van der Waals surface area contributed by atoms with Crippen molar-refractivity contribution in [2.24, 2.45) is 0 Å². The Hall–Kier alpha value is -3.44. The number of benzene rings is 1. The lowest BCUT2D eigenvalue weighted by atomic mass is 9.96. The van der Waals surface area contributed by atoms with Crippen LogP contribution in [0.2, 0.25) is 0 Å². The second kappa shape index (κ2) is 9.37. The summed E-state index contributed by atoms with van der Waals surface area (Å²) in [5.41, 5.74) is 2.38. The zero-order chi connectivity index (χ0) is 22.7. The minimum Gasteiger partial charge on any atom is -0.360 e. The number of rotatable bonds is 5. The van der Waals surface area contributed by atoms with Crippen LogP contribution in [0.15, 0.2) is 40.2 Å². The van der Waals surface area contributed by atoms with Gasteiger partial charge in [-0.2, -0.15) is 0 Å². The Morgan fingerprint density at radius 1 is 1.28 bits per heavy atom. The van der Waals surface area contributed by atoms with E-state index in [1.807, 2.05) is 35.2 Å². The van der Waals surface area contributed by atoms with Crippen LogP contribution in [0.25, 0.3) is 11.3 Å². The fourth-order valence-electron chi connectivity index (χ4n) is 3.88. The number of carbonyl (C=O) groups is 2. The lowest BCUT2D eigenvalue weighted by Crippen LogP contribution is -2.38. The van der Waals surface area contributed by atoms with E-state index < -0.39 is 0 Å². The van der Waals surface area contributed by atoms with Crippen molar-refractivity contribution in [2.75, 3.05) is 26.7 Å². The first-order chi connectivity index (χ1) is 15.5. The molecule has 0 N–H and O–H groups in total. The number of piperidine rings is 1. The lowest BCUT2D eigenvalue weighted by Gasteiger charge is -2.31. The van der Waals surface area contributed by atoms with Gasteiger partial charge in [0.25, 0.3) is 11.8 Å². The molecule has 2 aromatic heterocycles. The summed E-state index contributed by atoms with van der Waals surface area (Å²) in [6.07, 6.45) is 6.87. The Kier molecular flexibility index (Phi) is 6.37. The van der Waals surface area contributed by atoms with Crippen molar-refractivity contribution in [1.82, 2.24) is 19.9 Å². The number of aryl methyl sites for hydroxylation is 1. The van der Waals surface area contributed by atoms with E-state index in [0.29, 0.717) is 35.8 Å². The molecule has 32 heavy (non-hydrogen) atoms. The number of terminal acetylenes is 1. The van der Waals surface area contributed by atoms with Crippen molar-refractivity contribution < 1.29 is 14.1 Å². The van der Waals surface area contributed by atoms with Gasteiger partial charge in [0.15, 0.2) is 0 Å². The average molecular weight is 449 g/mol. The standard InChI is InChI=1S/C24H24N4O3S/c1-4-12-27(3)23(29)19-15-32-22(25-19)18-10-13-28(14-11-18)24(30)20-16(2)31-26-21(20)17-8-6-5-7-9-17/h1,5-9,15,18H,10-14H2,2-3H3. The van der Waals surface area contributed by atoms with Gasteiger partial charge in [-0.1, -0.05) is 41.4 Å². The maximum absolute atomic E-state index is 13.3. The molecule has 0 aliphatic carbocycles. The number of nitrogens with zero attached hydrogens (tertiary/aromatic N) is 4. The van der Waals surface area contributed by atoms with E-state index in [9.17, 15) is 9.59 Å². The molecule has 1 fully saturated rings. The molecule has 3 heterocycles. The van der Waals surface area contributed by atoms with Crippen LogP contribution in [0.5, 0.6) is 0 Å². The minimum atomic E-state index is -0.172. The average Bonchev–Trinajstić information content (AvgIpc) is 3.46. The van der Waals surface area contributed by atoms with Gasteiger partial charge in [-0.25, -0.2) is 4.98 Å². The van der Waals surface area contributed by atoms with Crippen molar-refractivity contribution in [1.29, 1.82) is 0 Å². The molecule has 0 spiro atoms. The summed E-state index contributed by atoms with van der Waals surface area (Å²) in [6.45, 7) is 3.24. The van der Waals surface area contributed by atoms with E-state index in [2.05, 4.69) is 16.1 Å². The highest BCUT2D eigenvalue weighted by molar-refractivity contribution is 7.09. The third-order valence-electron chi connectivity index (χ3n) is 5.67. The quantitative estimate of drug-likeness (QED) is 0.554. The minimum absolute atomic E-state index is 0.0630. The molecule has 164 valence electrons. The first-order valence-corrected chi connectivity index (χ1v) is 11.3. The zero-order valence-corrected chi connectivity index (χ0v) is 18.9. The van der Waals surface area contributed by atoms with Gasteiger partial charge in [0.05, 0.1) is 11.6 Å².